The third-order valence-corrected chi connectivity index (χ3v) is 4.70. The number of nitrogens with two attached hydrogens (primary N) is 1. The lowest BCUT2D eigenvalue weighted by Crippen LogP contribution is -2.35. The summed E-state index contributed by atoms with van der Waals surface area (Å²) in [7, 11) is 2.00. The standard InChI is InChI=1S/C17H25N5O/c1-12(2)21-8-5-9-22(11-10-21)17-19-15-13(16(18)23)6-4-7-14(15)20(17)3/h4,6-7,12H,5,8-11H2,1-3H3,(H2,18,23). The number of rotatable bonds is 3. The minimum Gasteiger partial charge on any atom is -0.366 e. The predicted octanol–water partition coefficient (Wildman–Crippen LogP) is 1.59. The number of fused-ring (bicyclic) bond motifs is 1. The second-order valence-electron chi connectivity index (χ2n) is 6.48. The molecule has 2 aromatic rings. The maximum absolute atomic E-state index is 11.6. The van der Waals surface area contributed by atoms with E-state index in [9.17, 15) is 4.79 Å². The summed E-state index contributed by atoms with van der Waals surface area (Å²) in [5.74, 6) is 0.487. The Morgan fingerprint density at radius 3 is 2.70 bits per heavy atom. The van der Waals surface area contributed by atoms with Crippen LogP contribution in [0, 0.1) is 0 Å². The maximum Gasteiger partial charge on any atom is 0.250 e. The minimum atomic E-state index is -0.429. The molecule has 0 spiro atoms. The Hall–Kier alpha value is -2.08. The molecular weight excluding hydrogens is 290 g/mol. The molecule has 0 aliphatic carbocycles. The van der Waals surface area contributed by atoms with Gasteiger partial charge in [0.15, 0.2) is 0 Å². The van der Waals surface area contributed by atoms with E-state index < -0.39 is 5.91 Å². The molecule has 2 N–H and O–H groups in total. The first kappa shape index (κ1) is 15.8. The van der Waals surface area contributed by atoms with Crippen molar-refractivity contribution in [1.82, 2.24) is 14.5 Å². The Labute approximate surface area is 136 Å². The fourth-order valence-corrected chi connectivity index (χ4v) is 3.34. The molecule has 1 aromatic carbocycles. The Balaban J connectivity index is 1.95. The van der Waals surface area contributed by atoms with Crippen molar-refractivity contribution in [2.45, 2.75) is 26.3 Å². The van der Waals surface area contributed by atoms with E-state index in [0.29, 0.717) is 17.1 Å². The highest BCUT2D eigenvalue weighted by Gasteiger charge is 2.22. The lowest BCUT2D eigenvalue weighted by Gasteiger charge is -2.25. The molecule has 2 heterocycles. The van der Waals surface area contributed by atoms with Crippen molar-refractivity contribution in [2.24, 2.45) is 12.8 Å². The van der Waals surface area contributed by atoms with Gasteiger partial charge in [0.25, 0.3) is 5.91 Å². The number of imidazole rings is 1. The van der Waals surface area contributed by atoms with E-state index in [1.807, 2.05) is 19.2 Å². The Morgan fingerprint density at radius 1 is 1.22 bits per heavy atom. The van der Waals surface area contributed by atoms with Crippen molar-refractivity contribution in [3.63, 3.8) is 0 Å². The number of carbonyl (C=O) groups is 1. The van der Waals surface area contributed by atoms with Crippen molar-refractivity contribution in [3.05, 3.63) is 23.8 Å². The average Bonchev–Trinajstić information content (AvgIpc) is 2.72. The second-order valence-corrected chi connectivity index (χ2v) is 6.48. The molecule has 1 aromatic heterocycles. The van der Waals surface area contributed by atoms with Gasteiger partial charge in [0.1, 0.15) is 5.52 Å². The van der Waals surface area contributed by atoms with Gasteiger partial charge in [-0.25, -0.2) is 4.98 Å². The van der Waals surface area contributed by atoms with Crippen molar-refractivity contribution >= 4 is 22.9 Å². The normalized spacial score (nSPS) is 17.0. The first-order chi connectivity index (χ1) is 11.0. The third-order valence-electron chi connectivity index (χ3n) is 4.70. The SMILES string of the molecule is CC(C)N1CCCN(c2nc3c(C(N)=O)cccc3n2C)CC1. The van der Waals surface area contributed by atoms with Crippen LogP contribution in [0.15, 0.2) is 18.2 Å². The highest BCUT2D eigenvalue weighted by Crippen LogP contribution is 2.25. The topological polar surface area (TPSA) is 67.4 Å². The number of para-hydroxylation sites is 1. The second kappa shape index (κ2) is 6.20. The fourth-order valence-electron chi connectivity index (χ4n) is 3.34. The molecule has 1 amide bonds. The molecular formula is C17H25N5O. The molecule has 124 valence electrons. The molecule has 1 fully saturated rings. The van der Waals surface area contributed by atoms with Gasteiger partial charge < -0.3 is 15.2 Å². The summed E-state index contributed by atoms with van der Waals surface area (Å²) in [6.07, 6.45) is 1.12. The average molecular weight is 315 g/mol. The lowest BCUT2D eigenvalue weighted by atomic mass is 10.2. The number of benzene rings is 1. The van der Waals surface area contributed by atoms with Gasteiger partial charge in [-0.05, 0) is 32.4 Å². The monoisotopic (exact) mass is 315 g/mol. The number of hydrogen-bond donors (Lipinski definition) is 1. The van der Waals surface area contributed by atoms with Crippen LogP contribution >= 0.6 is 0 Å². The van der Waals surface area contributed by atoms with E-state index in [1.165, 1.54) is 0 Å². The number of aryl methyl sites for hydroxylation is 1. The van der Waals surface area contributed by atoms with E-state index in [4.69, 9.17) is 10.7 Å². The molecule has 6 heteroatoms. The van der Waals surface area contributed by atoms with Crippen LogP contribution in [0.1, 0.15) is 30.6 Å². The quantitative estimate of drug-likeness (QED) is 0.934. The summed E-state index contributed by atoms with van der Waals surface area (Å²) in [6.45, 7) is 8.55. The van der Waals surface area contributed by atoms with Gasteiger partial charge in [-0.3, -0.25) is 9.69 Å². The smallest absolute Gasteiger partial charge is 0.250 e. The van der Waals surface area contributed by atoms with Crippen LogP contribution in [0.2, 0.25) is 0 Å². The number of primary amides is 1. The molecule has 0 unspecified atom stereocenters. The van der Waals surface area contributed by atoms with Crippen LogP contribution in [-0.2, 0) is 7.05 Å². The van der Waals surface area contributed by atoms with Gasteiger partial charge >= 0.3 is 0 Å². The molecule has 1 saturated heterocycles. The Bertz CT molecular complexity index is 721. The van der Waals surface area contributed by atoms with Crippen molar-refractivity contribution in [1.29, 1.82) is 0 Å². The summed E-state index contributed by atoms with van der Waals surface area (Å²) >= 11 is 0. The van der Waals surface area contributed by atoms with Crippen LogP contribution in [0.25, 0.3) is 11.0 Å². The number of anilines is 1. The highest BCUT2D eigenvalue weighted by molar-refractivity contribution is 6.04. The summed E-state index contributed by atoms with van der Waals surface area (Å²) in [5, 5.41) is 0. The number of amides is 1. The summed E-state index contributed by atoms with van der Waals surface area (Å²) in [4.78, 5) is 21.2. The molecule has 0 radical (unpaired) electrons. The molecule has 3 rings (SSSR count). The zero-order chi connectivity index (χ0) is 16.6. The summed E-state index contributed by atoms with van der Waals surface area (Å²) in [6, 6.07) is 6.15. The molecule has 6 nitrogen and oxygen atoms in total. The first-order valence-electron chi connectivity index (χ1n) is 8.23. The Kier molecular flexibility index (Phi) is 4.26. The largest absolute Gasteiger partial charge is 0.366 e. The fraction of sp³-hybridized carbons (Fsp3) is 0.529. The van der Waals surface area contributed by atoms with Gasteiger partial charge in [-0.1, -0.05) is 6.07 Å². The van der Waals surface area contributed by atoms with E-state index >= 15 is 0 Å². The number of carbonyl (C=O) groups excluding carboxylic acids is 1. The van der Waals surface area contributed by atoms with Crippen LogP contribution in [0.4, 0.5) is 5.95 Å². The summed E-state index contributed by atoms with van der Waals surface area (Å²) in [5.41, 5.74) is 7.62. The van der Waals surface area contributed by atoms with Crippen LogP contribution < -0.4 is 10.6 Å². The lowest BCUT2D eigenvalue weighted by molar-refractivity contribution is 0.100. The minimum absolute atomic E-state index is 0.429. The number of hydrogen-bond acceptors (Lipinski definition) is 4. The highest BCUT2D eigenvalue weighted by atomic mass is 16.1. The van der Waals surface area contributed by atoms with Crippen LogP contribution in [0.5, 0.6) is 0 Å². The van der Waals surface area contributed by atoms with Gasteiger partial charge in [0, 0.05) is 39.3 Å². The number of nitrogens with zero attached hydrogens (tertiary/aromatic N) is 4. The molecule has 23 heavy (non-hydrogen) atoms. The van der Waals surface area contributed by atoms with Crippen molar-refractivity contribution in [3.8, 4) is 0 Å². The third kappa shape index (κ3) is 2.91. The van der Waals surface area contributed by atoms with E-state index in [0.717, 1.165) is 44.1 Å². The number of aromatic nitrogens is 2. The molecule has 0 bridgehead atoms. The van der Waals surface area contributed by atoms with Gasteiger partial charge in [-0.2, -0.15) is 0 Å². The zero-order valence-electron chi connectivity index (χ0n) is 14.1. The van der Waals surface area contributed by atoms with Gasteiger partial charge in [0.2, 0.25) is 5.95 Å². The van der Waals surface area contributed by atoms with Gasteiger partial charge in [-0.15, -0.1) is 0 Å². The predicted molar refractivity (Wildman–Crippen MR) is 92.8 cm³/mol. The zero-order valence-corrected chi connectivity index (χ0v) is 14.1. The Morgan fingerprint density at radius 2 is 2.00 bits per heavy atom. The molecule has 1 aliphatic heterocycles. The van der Waals surface area contributed by atoms with Crippen molar-refractivity contribution in [2.75, 3.05) is 31.1 Å². The van der Waals surface area contributed by atoms with E-state index in [1.54, 1.807) is 6.07 Å². The van der Waals surface area contributed by atoms with Crippen LogP contribution in [-0.4, -0.2) is 52.6 Å². The maximum atomic E-state index is 11.6. The van der Waals surface area contributed by atoms with Gasteiger partial charge in [0.05, 0.1) is 11.1 Å². The molecule has 0 atom stereocenters. The molecule has 0 saturated carbocycles. The molecule has 1 aliphatic rings. The van der Waals surface area contributed by atoms with Crippen molar-refractivity contribution < 1.29 is 4.79 Å². The van der Waals surface area contributed by atoms with E-state index in [2.05, 4.69) is 28.2 Å². The van der Waals surface area contributed by atoms with Crippen LogP contribution in [0.3, 0.4) is 0 Å². The first-order valence-corrected chi connectivity index (χ1v) is 8.23. The van der Waals surface area contributed by atoms with E-state index in [-0.39, 0.29) is 0 Å². The summed E-state index contributed by atoms with van der Waals surface area (Å²) < 4.78 is 2.06.